The minimum absolute atomic E-state index is 0.0122. The van der Waals surface area contributed by atoms with Gasteiger partial charge < -0.3 is 5.32 Å². The van der Waals surface area contributed by atoms with Crippen LogP contribution in [0, 0.1) is 17.6 Å². The third-order valence-electron chi connectivity index (χ3n) is 5.06. The maximum absolute atomic E-state index is 13.8. The van der Waals surface area contributed by atoms with Crippen molar-refractivity contribution >= 4 is 39.3 Å². The molecule has 0 saturated carbocycles. The lowest BCUT2D eigenvalue weighted by atomic mass is 9.99. The predicted molar refractivity (Wildman–Crippen MR) is 118 cm³/mol. The molecule has 2 aromatic rings. The van der Waals surface area contributed by atoms with Gasteiger partial charge in [-0.3, -0.25) is 4.79 Å². The molecule has 0 aliphatic carbocycles. The van der Waals surface area contributed by atoms with Crippen molar-refractivity contribution in [2.45, 2.75) is 23.5 Å². The molecule has 1 saturated heterocycles. The summed E-state index contributed by atoms with van der Waals surface area (Å²) >= 11 is 7.45. The Morgan fingerprint density at radius 3 is 2.65 bits per heavy atom. The molecule has 1 aliphatic rings. The second kappa shape index (κ2) is 10.8. The quantitative estimate of drug-likeness (QED) is 0.569. The molecule has 1 fully saturated rings. The Hall–Kier alpha value is -1.68. The zero-order valence-electron chi connectivity index (χ0n) is 16.7. The minimum Gasteiger partial charge on any atom is -0.355 e. The monoisotopic (exact) mass is 488 g/mol. The summed E-state index contributed by atoms with van der Waals surface area (Å²) in [6.07, 6.45) is 1.16. The first-order chi connectivity index (χ1) is 14.8. The van der Waals surface area contributed by atoms with Gasteiger partial charge in [0.25, 0.3) is 0 Å². The summed E-state index contributed by atoms with van der Waals surface area (Å²) in [4.78, 5) is 12.5. The fourth-order valence-corrected chi connectivity index (χ4v) is 6.09. The van der Waals surface area contributed by atoms with E-state index in [0.29, 0.717) is 48.0 Å². The molecule has 3 rings (SSSR count). The first kappa shape index (κ1) is 24.0. The minimum atomic E-state index is -3.78. The van der Waals surface area contributed by atoms with E-state index in [0.717, 1.165) is 12.1 Å². The molecule has 1 heterocycles. The largest absolute Gasteiger partial charge is 0.355 e. The van der Waals surface area contributed by atoms with Crippen LogP contribution in [0.2, 0.25) is 5.02 Å². The number of hydrogen-bond acceptors (Lipinski definition) is 4. The van der Waals surface area contributed by atoms with Gasteiger partial charge in [-0.25, -0.2) is 17.2 Å². The van der Waals surface area contributed by atoms with Crippen molar-refractivity contribution in [3.8, 4) is 0 Å². The van der Waals surface area contributed by atoms with Gasteiger partial charge in [-0.2, -0.15) is 16.1 Å². The molecule has 1 amide bonds. The second-order valence-electron chi connectivity index (χ2n) is 7.20. The van der Waals surface area contributed by atoms with Gasteiger partial charge in [-0.1, -0.05) is 17.7 Å². The topological polar surface area (TPSA) is 66.5 Å². The van der Waals surface area contributed by atoms with Gasteiger partial charge in [0.15, 0.2) is 0 Å². The Balaban J connectivity index is 1.48. The van der Waals surface area contributed by atoms with Crippen LogP contribution >= 0.6 is 23.4 Å². The van der Waals surface area contributed by atoms with Gasteiger partial charge in [0.05, 0.1) is 10.8 Å². The van der Waals surface area contributed by atoms with Crippen molar-refractivity contribution in [3.05, 3.63) is 64.7 Å². The summed E-state index contributed by atoms with van der Waals surface area (Å²) in [5, 5.41) is 3.21. The lowest BCUT2D eigenvalue weighted by Gasteiger charge is -2.31. The summed E-state index contributed by atoms with van der Waals surface area (Å²) in [6, 6.07) is 9.21. The smallest absolute Gasteiger partial charge is 0.243 e. The van der Waals surface area contributed by atoms with Gasteiger partial charge in [0.2, 0.25) is 15.9 Å². The number of carbonyl (C=O) groups excluding carboxylic acids is 1. The number of rotatable bonds is 8. The SMILES string of the molecule is O=C(NCCSCc1c(F)cccc1Cl)[C@H]1CCCN(S(=O)(=O)c2ccc(F)cc2)C1. The maximum Gasteiger partial charge on any atom is 0.243 e. The highest BCUT2D eigenvalue weighted by molar-refractivity contribution is 7.98. The first-order valence-electron chi connectivity index (χ1n) is 9.83. The zero-order chi connectivity index (χ0) is 22.4. The number of hydrogen-bond donors (Lipinski definition) is 1. The van der Waals surface area contributed by atoms with Gasteiger partial charge >= 0.3 is 0 Å². The molecule has 0 radical (unpaired) electrons. The number of thioether (sulfide) groups is 1. The van der Waals surface area contributed by atoms with E-state index in [1.165, 1.54) is 34.3 Å². The number of amides is 1. The third kappa shape index (κ3) is 6.19. The molecule has 168 valence electrons. The van der Waals surface area contributed by atoms with Crippen LogP contribution in [0.1, 0.15) is 18.4 Å². The van der Waals surface area contributed by atoms with E-state index in [1.807, 2.05) is 0 Å². The molecular weight excluding hydrogens is 466 g/mol. The predicted octanol–water partition coefficient (Wildman–Crippen LogP) is 4.07. The maximum atomic E-state index is 13.8. The fourth-order valence-electron chi connectivity index (χ4n) is 3.37. The molecule has 10 heteroatoms. The fraction of sp³-hybridized carbons (Fsp3) is 0.381. The molecule has 0 aromatic heterocycles. The second-order valence-corrected chi connectivity index (χ2v) is 10.7. The Morgan fingerprint density at radius 2 is 1.94 bits per heavy atom. The van der Waals surface area contributed by atoms with Crippen molar-refractivity contribution < 1.29 is 22.0 Å². The highest BCUT2D eigenvalue weighted by Gasteiger charge is 2.33. The van der Waals surface area contributed by atoms with Gasteiger partial charge in [0.1, 0.15) is 11.6 Å². The van der Waals surface area contributed by atoms with Gasteiger partial charge in [-0.15, -0.1) is 0 Å². The molecule has 1 N–H and O–H groups in total. The molecule has 5 nitrogen and oxygen atoms in total. The molecular formula is C21H23ClF2N2O3S2. The van der Waals surface area contributed by atoms with Crippen LogP contribution in [0.3, 0.4) is 0 Å². The molecule has 31 heavy (non-hydrogen) atoms. The molecule has 2 aromatic carbocycles. The van der Waals surface area contributed by atoms with E-state index in [9.17, 15) is 22.0 Å². The lowest BCUT2D eigenvalue weighted by molar-refractivity contribution is -0.125. The summed E-state index contributed by atoms with van der Waals surface area (Å²) in [5.74, 6) is -0.549. The van der Waals surface area contributed by atoms with Crippen LogP contribution in [0.15, 0.2) is 47.4 Å². The Morgan fingerprint density at radius 1 is 1.19 bits per heavy atom. The van der Waals surface area contributed by atoms with Crippen LogP contribution in [0.4, 0.5) is 8.78 Å². The van der Waals surface area contributed by atoms with E-state index in [4.69, 9.17) is 11.6 Å². The number of benzene rings is 2. The summed E-state index contributed by atoms with van der Waals surface area (Å²) in [5.41, 5.74) is 0.439. The van der Waals surface area contributed by atoms with E-state index in [-0.39, 0.29) is 23.2 Å². The highest BCUT2D eigenvalue weighted by Crippen LogP contribution is 2.25. The molecule has 0 bridgehead atoms. The normalized spacial score (nSPS) is 17.5. The molecule has 1 aliphatic heterocycles. The lowest BCUT2D eigenvalue weighted by Crippen LogP contribution is -2.45. The van der Waals surface area contributed by atoms with Crippen LogP contribution in [-0.4, -0.2) is 44.0 Å². The summed E-state index contributed by atoms with van der Waals surface area (Å²) in [6.45, 7) is 0.795. The van der Waals surface area contributed by atoms with E-state index in [1.54, 1.807) is 12.1 Å². The number of sulfonamides is 1. The van der Waals surface area contributed by atoms with Crippen molar-refractivity contribution in [1.29, 1.82) is 0 Å². The number of nitrogens with zero attached hydrogens (tertiary/aromatic N) is 1. The number of halogens is 3. The van der Waals surface area contributed by atoms with Gasteiger partial charge in [-0.05, 0) is 49.2 Å². The van der Waals surface area contributed by atoms with E-state index in [2.05, 4.69) is 5.32 Å². The summed E-state index contributed by atoms with van der Waals surface area (Å²) in [7, 11) is -3.78. The molecule has 0 unspecified atom stereocenters. The number of nitrogens with one attached hydrogen (secondary N) is 1. The van der Waals surface area contributed by atoms with Crippen molar-refractivity contribution in [1.82, 2.24) is 9.62 Å². The highest BCUT2D eigenvalue weighted by atomic mass is 35.5. The van der Waals surface area contributed by atoms with Crippen molar-refractivity contribution in [2.75, 3.05) is 25.4 Å². The van der Waals surface area contributed by atoms with Crippen LogP contribution in [-0.2, 0) is 20.6 Å². The number of carbonyl (C=O) groups is 1. The standard InChI is InChI=1S/C21H23ClF2N2O3S2/c22-19-4-1-5-20(24)18(19)14-30-12-10-25-21(27)15-3-2-11-26(13-15)31(28,29)17-8-6-16(23)7-9-17/h1,4-9,15H,2-3,10-14H2,(H,25,27)/t15-/m0/s1. The van der Waals surface area contributed by atoms with Crippen LogP contribution < -0.4 is 5.32 Å². The first-order valence-corrected chi connectivity index (χ1v) is 12.8. The Kier molecular flexibility index (Phi) is 8.32. The van der Waals surface area contributed by atoms with Crippen LogP contribution in [0.25, 0.3) is 0 Å². The third-order valence-corrected chi connectivity index (χ3v) is 8.28. The average molecular weight is 489 g/mol. The number of piperidine rings is 1. The average Bonchev–Trinajstić information content (AvgIpc) is 2.75. The van der Waals surface area contributed by atoms with Crippen molar-refractivity contribution in [3.63, 3.8) is 0 Å². The molecule has 1 atom stereocenters. The Labute approximate surface area is 190 Å². The summed E-state index contributed by atoms with van der Waals surface area (Å²) < 4.78 is 53.7. The Bertz CT molecular complexity index is 1000. The van der Waals surface area contributed by atoms with Crippen molar-refractivity contribution in [2.24, 2.45) is 5.92 Å². The van der Waals surface area contributed by atoms with E-state index >= 15 is 0 Å². The van der Waals surface area contributed by atoms with Gasteiger partial charge in [0, 0.05) is 41.7 Å². The van der Waals surface area contributed by atoms with E-state index < -0.39 is 21.8 Å². The van der Waals surface area contributed by atoms with Crippen LogP contribution in [0.5, 0.6) is 0 Å². The molecule has 0 spiro atoms. The zero-order valence-corrected chi connectivity index (χ0v) is 19.1.